The van der Waals surface area contributed by atoms with Crippen LogP contribution in [0.1, 0.15) is 0 Å². The molecular weight excluding hydrogens is 388 g/mol. The van der Waals surface area contributed by atoms with Gasteiger partial charge in [-0.25, -0.2) is 0 Å². The van der Waals surface area contributed by atoms with Crippen LogP contribution in [0.5, 0.6) is 0 Å². The Kier molecular flexibility index (Phi) is 13.5. The Morgan fingerprint density at radius 1 is 0.375 bits per heavy atom. The first-order valence-corrected chi connectivity index (χ1v) is 8.65. The Morgan fingerprint density at radius 2 is 0.625 bits per heavy atom. The molecular formula is C22H21NbP. The van der Waals surface area contributed by atoms with Crippen LogP contribution in [-0.4, -0.2) is 0 Å². The minimum absolute atomic E-state index is 0. The van der Waals surface area contributed by atoms with Gasteiger partial charge in [-0.3, -0.25) is 0 Å². The van der Waals surface area contributed by atoms with Crippen LogP contribution in [0.25, 0.3) is 0 Å². The molecule has 2 heteroatoms. The van der Waals surface area contributed by atoms with E-state index in [-0.39, 0.29) is 22.4 Å². The van der Waals surface area contributed by atoms with Crippen molar-refractivity contribution in [3.8, 4) is 0 Å². The molecule has 0 bridgehead atoms. The van der Waals surface area contributed by atoms with Gasteiger partial charge in [-0.2, -0.15) is 0 Å². The molecule has 0 nitrogen and oxygen atoms in total. The summed E-state index contributed by atoms with van der Waals surface area (Å²) in [6, 6.07) is 21.2. The van der Waals surface area contributed by atoms with Gasteiger partial charge in [-0.1, -0.05) is 69.2 Å². The molecule has 24 heavy (non-hydrogen) atoms. The van der Waals surface area contributed by atoms with E-state index < -0.39 is 0 Å². The third kappa shape index (κ3) is 10.5. The van der Waals surface area contributed by atoms with E-state index in [2.05, 4.69) is 60.7 Å². The molecule has 2 aliphatic carbocycles. The largest absolute Gasteiger partial charge is 0.0622 e. The van der Waals surface area contributed by atoms with Crippen LogP contribution in [0.3, 0.4) is 0 Å². The third-order valence-electron chi connectivity index (χ3n) is 2.95. The van der Waals surface area contributed by atoms with Gasteiger partial charge in [-0.05, 0) is 74.8 Å². The standard InChI is InChI=1S/C12H11P.2C5H5.Nb/c1-3-7-11(8-4-1)13-12-9-5-2-6-10-12;2*1-2-4-5-3-1;/h1-10,13H;2*1-5H;. The predicted molar refractivity (Wildman–Crippen MR) is 103 cm³/mol. The van der Waals surface area contributed by atoms with Crippen molar-refractivity contribution in [3.63, 3.8) is 0 Å². The molecule has 2 aromatic rings. The van der Waals surface area contributed by atoms with Crippen molar-refractivity contribution < 1.29 is 22.4 Å². The molecule has 11 radical (unpaired) electrons. The Hall–Kier alpha value is -0.390. The summed E-state index contributed by atoms with van der Waals surface area (Å²) in [5.41, 5.74) is 0. The van der Waals surface area contributed by atoms with Gasteiger partial charge in [0.1, 0.15) is 0 Å². The van der Waals surface area contributed by atoms with E-state index in [1.54, 1.807) is 0 Å². The number of rotatable bonds is 2. The van der Waals surface area contributed by atoms with Crippen LogP contribution < -0.4 is 10.6 Å². The summed E-state index contributed by atoms with van der Waals surface area (Å²) in [7, 11) is 0.777. The first-order chi connectivity index (χ1) is 11.4. The van der Waals surface area contributed by atoms with Crippen LogP contribution >= 0.6 is 8.58 Å². The Bertz CT molecular complexity index is 427. The fourth-order valence-corrected chi connectivity index (χ4v) is 2.90. The molecule has 2 aliphatic rings. The van der Waals surface area contributed by atoms with Gasteiger partial charge >= 0.3 is 0 Å². The molecule has 0 heterocycles. The Labute approximate surface area is 166 Å². The SMILES string of the molecule is [CH]1[CH][CH][CH][CH]1.[CH]1[CH][CH][CH][CH]1.[Nb].c1ccc(Pc2ccccc2)cc1. The van der Waals surface area contributed by atoms with Crippen molar-refractivity contribution in [2.24, 2.45) is 0 Å². The van der Waals surface area contributed by atoms with Gasteiger partial charge in [0.2, 0.25) is 0 Å². The van der Waals surface area contributed by atoms with Gasteiger partial charge in [0.25, 0.3) is 0 Å². The molecule has 0 N–H and O–H groups in total. The summed E-state index contributed by atoms with van der Waals surface area (Å²) in [5.74, 6) is 0. The molecule has 2 aromatic carbocycles. The van der Waals surface area contributed by atoms with Crippen molar-refractivity contribution in [2.75, 3.05) is 0 Å². The van der Waals surface area contributed by atoms with E-state index in [0.29, 0.717) is 0 Å². The van der Waals surface area contributed by atoms with Crippen molar-refractivity contribution in [3.05, 3.63) is 125 Å². The van der Waals surface area contributed by atoms with Crippen LogP contribution in [0.2, 0.25) is 0 Å². The first kappa shape index (κ1) is 21.7. The molecule has 0 unspecified atom stereocenters. The second kappa shape index (κ2) is 14.9. The second-order valence-electron chi connectivity index (χ2n) is 4.78. The minimum Gasteiger partial charge on any atom is -0.0622 e. The van der Waals surface area contributed by atoms with Gasteiger partial charge in [-0.15, -0.1) is 0 Å². The molecule has 0 aliphatic heterocycles. The van der Waals surface area contributed by atoms with E-state index >= 15 is 0 Å². The van der Waals surface area contributed by atoms with Crippen LogP contribution in [0.15, 0.2) is 60.7 Å². The zero-order valence-corrected chi connectivity index (χ0v) is 16.7. The number of benzene rings is 2. The first-order valence-electron chi connectivity index (χ1n) is 7.65. The molecule has 2 saturated carbocycles. The van der Waals surface area contributed by atoms with Crippen LogP contribution in [0, 0.1) is 64.2 Å². The number of hydrogen-bond acceptors (Lipinski definition) is 0. The van der Waals surface area contributed by atoms with Crippen molar-refractivity contribution in [1.29, 1.82) is 0 Å². The molecule has 4 rings (SSSR count). The van der Waals surface area contributed by atoms with E-state index in [4.69, 9.17) is 0 Å². The van der Waals surface area contributed by atoms with Gasteiger partial charge in [0.05, 0.1) is 0 Å². The van der Waals surface area contributed by atoms with Gasteiger partial charge in [0.15, 0.2) is 0 Å². The number of hydrogen-bond donors (Lipinski definition) is 0. The monoisotopic (exact) mass is 409 g/mol. The van der Waals surface area contributed by atoms with E-state index in [9.17, 15) is 0 Å². The second-order valence-corrected chi connectivity index (χ2v) is 6.19. The maximum absolute atomic E-state index is 2.17. The fraction of sp³-hybridized carbons (Fsp3) is 0. The van der Waals surface area contributed by atoms with Gasteiger partial charge in [0, 0.05) is 22.4 Å². The fourth-order valence-electron chi connectivity index (χ4n) is 1.85. The average molecular weight is 409 g/mol. The molecule has 2 fully saturated rings. The zero-order chi connectivity index (χ0) is 16.0. The molecule has 0 saturated heterocycles. The van der Waals surface area contributed by atoms with Crippen LogP contribution in [0.4, 0.5) is 0 Å². The van der Waals surface area contributed by atoms with E-state index in [0.717, 1.165) is 8.58 Å². The summed E-state index contributed by atoms with van der Waals surface area (Å²) in [4.78, 5) is 0. The zero-order valence-electron chi connectivity index (χ0n) is 13.5. The minimum atomic E-state index is 0. The van der Waals surface area contributed by atoms with Crippen molar-refractivity contribution >= 4 is 19.2 Å². The maximum Gasteiger partial charge on any atom is 0 e. The molecule has 119 valence electrons. The molecule has 0 spiro atoms. The predicted octanol–water partition coefficient (Wildman–Crippen LogP) is 4.36. The summed E-state index contributed by atoms with van der Waals surface area (Å²) in [6.07, 6.45) is 20.0. The Balaban J connectivity index is 0.000000216. The Morgan fingerprint density at radius 3 is 0.875 bits per heavy atom. The average Bonchev–Trinajstić information content (AvgIpc) is 3.35. The summed E-state index contributed by atoms with van der Waals surface area (Å²) in [5, 5.41) is 2.79. The quantitative estimate of drug-likeness (QED) is 0.511. The maximum atomic E-state index is 2.17. The van der Waals surface area contributed by atoms with E-state index in [1.165, 1.54) is 10.6 Å². The van der Waals surface area contributed by atoms with E-state index in [1.807, 2.05) is 64.2 Å². The van der Waals surface area contributed by atoms with Gasteiger partial charge < -0.3 is 0 Å². The van der Waals surface area contributed by atoms with Crippen LogP contribution in [-0.2, 0) is 22.4 Å². The van der Waals surface area contributed by atoms with Crippen molar-refractivity contribution in [1.82, 2.24) is 0 Å². The smallest absolute Gasteiger partial charge is 0 e. The summed E-state index contributed by atoms with van der Waals surface area (Å²) < 4.78 is 0. The molecule has 0 atom stereocenters. The molecule has 0 aromatic heterocycles. The summed E-state index contributed by atoms with van der Waals surface area (Å²) >= 11 is 0. The third-order valence-corrected chi connectivity index (χ3v) is 4.19. The summed E-state index contributed by atoms with van der Waals surface area (Å²) in [6.45, 7) is 0. The normalized spacial score (nSPS) is 15.3. The van der Waals surface area contributed by atoms with Crippen molar-refractivity contribution in [2.45, 2.75) is 0 Å². The molecule has 0 amide bonds. The topological polar surface area (TPSA) is 0 Å².